The van der Waals surface area contributed by atoms with Gasteiger partial charge in [-0.05, 0) is 6.42 Å². The largest absolute Gasteiger partial charge is 0.463 e. The van der Waals surface area contributed by atoms with E-state index in [1.807, 2.05) is 6.92 Å². The molecule has 0 bridgehead atoms. The summed E-state index contributed by atoms with van der Waals surface area (Å²) in [6.45, 7) is 4.76. The topological polar surface area (TPSA) is 61.8 Å². The third kappa shape index (κ3) is 7.15. The minimum Gasteiger partial charge on any atom is -0.463 e. The number of carbonyl (C=O) groups is 2. The molecule has 0 aliphatic carbocycles. The smallest absolute Gasteiger partial charge is 0.324 e. The van der Waals surface area contributed by atoms with Gasteiger partial charge in [0, 0.05) is 13.8 Å². The van der Waals surface area contributed by atoms with Crippen LogP contribution < -0.4 is 0 Å². The summed E-state index contributed by atoms with van der Waals surface area (Å²) in [5.41, 5.74) is 0. The van der Waals surface area contributed by atoms with Crippen molar-refractivity contribution in [3.63, 3.8) is 0 Å². The zero-order valence-corrected chi connectivity index (χ0v) is 8.53. The summed E-state index contributed by atoms with van der Waals surface area (Å²) in [5, 5.41) is 0. The van der Waals surface area contributed by atoms with E-state index in [2.05, 4.69) is 9.47 Å². The molecular weight excluding hydrogens is 188 g/mol. The minimum absolute atomic E-state index is 0.102. The molecule has 0 aromatic carbocycles. The van der Waals surface area contributed by atoms with Gasteiger partial charge in [0.05, 0.1) is 6.61 Å². The van der Waals surface area contributed by atoms with Crippen molar-refractivity contribution < 1.29 is 23.8 Å². The molecule has 0 saturated heterocycles. The van der Waals surface area contributed by atoms with E-state index in [-0.39, 0.29) is 5.95 Å². The SMILES string of the molecule is CCCOC(=COC(C)=O)OC(C)=O. The quantitative estimate of drug-likeness (QED) is 0.497. The van der Waals surface area contributed by atoms with Crippen LogP contribution in [0.25, 0.3) is 0 Å². The Labute approximate surface area is 82.6 Å². The molecule has 80 valence electrons. The van der Waals surface area contributed by atoms with Crippen molar-refractivity contribution in [2.45, 2.75) is 27.2 Å². The maximum absolute atomic E-state index is 10.6. The zero-order chi connectivity index (χ0) is 11.0. The third-order valence-corrected chi connectivity index (χ3v) is 1.01. The molecule has 0 heterocycles. The predicted octanol–water partition coefficient (Wildman–Crippen LogP) is 1.34. The zero-order valence-electron chi connectivity index (χ0n) is 8.53. The number of rotatable bonds is 5. The van der Waals surface area contributed by atoms with Crippen molar-refractivity contribution in [2.75, 3.05) is 6.61 Å². The van der Waals surface area contributed by atoms with Gasteiger partial charge in [0.1, 0.15) is 0 Å². The minimum atomic E-state index is -0.528. The summed E-state index contributed by atoms with van der Waals surface area (Å²) in [4.78, 5) is 21.0. The van der Waals surface area contributed by atoms with Crippen LogP contribution in [0.2, 0.25) is 0 Å². The first-order valence-corrected chi connectivity index (χ1v) is 4.24. The van der Waals surface area contributed by atoms with Crippen LogP contribution in [0.5, 0.6) is 0 Å². The lowest BCUT2D eigenvalue weighted by molar-refractivity contribution is -0.145. The molecule has 0 aliphatic rings. The van der Waals surface area contributed by atoms with E-state index in [9.17, 15) is 9.59 Å². The molecule has 5 nitrogen and oxygen atoms in total. The molecule has 0 aromatic rings. The van der Waals surface area contributed by atoms with Crippen LogP contribution >= 0.6 is 0 Å². The highest BCUT2D eigenvalue weighted by molar-refractivity contribution is 5.68. The molecule has 14 heavy (non-hydrogen) atoms. The Morgan fingerprint density at radius 1 is 1.21 bits per heavy atom. The standard InChI is InChI=1S/C9H14O5/c1-4-5-12-9(14-8(3)11)6-13-7(2)10/h6H,4-5H2,1-3H3. The van der Waals surface area contributed by atoms with E-state index >= 15 is 0 Å². The molecule has 0 spiro atoms. The maximum Gasteiger partial charge on any atom is 0.324 e. The monoisotopic (exact) mass is 202 g/mol. The Kier molecular flexibility index (Phi) is 6.19. The molecule has 0 unspecified atom stereocenters. The molecule has 0 aromatic heterocycles. The van der Waals surface area contributed by atoms with Crippen LogP contribution in [-0.2, 0) is 23.8 Å². The maximum atomic E-state index is 10.6. The number of carbonyl (C=O) groups excluding carboxylic acids is 2. The lowest BCUT2D eigenvalue weighted by Crippen LogP contribution is -2.05. The van der Waals surface area contributed by atoms with E-state index in [4.69, 9.17) is 4.74 Å². The van der Waals surface area contributed by atoms with E-state index < -0.39 is 11.9 Å². The van der Waals surface area contributed by atoms with Crippen LogP contribution in [0.1, 0.15) is 27.2 Å². The predicted molar refractivity (Wildman–Crippen MR) is 47.9 cm³/mol. The van der Waals surface area contributed by atoms with Crippen molar-refractivity contribution in [3.05, 3.63) is 12.2 Å². The number of hydrogen-bond donors (Lipinski definition) is 0. The molecule has 5 heteroatoms. The van der Waals surface area contributed by atoms with Gasteiger partial charge in [-0.1, -0.05) is 6.92 Å². The summed E-state index contributed by atoms with van der Waals surface area (Å²) in [6, 6.07) is 0. The molecule has 0 rings (SSSR count). The lowest BCUT2D eigenvalue weighted by Gasteiger charge is -2.07. The molecule has 0 fully saturated rings. The second-order valence-corrected chi connectivity index (χ2v) is 2.49. The first-order valence-electron chi connectivity index (χ1n) is 4.24. The van der Waals surface area contributed by atoms with E-state index in [1.165, 1.54) is 13.8 Å². The molecule has 0 N–H and O–H groups in total. The van der Waals surface area contributed by atoms with Crippen molar-refractivity contribution in [2.24, 2.45) is 0 Å². The van der Waals surface area contributed by atoms with Gasteiger partial charge in [-0.3, -0.25) is 9.59 Å². The van der Waals surface area contributed by atoms with Crippen LogP contribution in [0.3, 0.4) is 0 Å². The highest BCUT2D eigenvalue weighted by atomic mass is 16.7. The third-order valence-electron chi connectivity index (χ3n) is 1.01. The van der Waals surface area contributed by atoms with Gasteiger partial charge in [-0.15, -0.1) is 0 Å². The fraction of sp³-hybridized carbons (Fsp3) is 0.556. The Balaban J connectivity index is 4.14. The van der Waals surface area contributed by atoms with Gasteiger partial charge < -0.3 is 14.2 Å². The Morgan fingerprint density at radius 3 is 2.29 bits per heavy atom. The van der Waals surface area contributed by atoms with Gasteiger partial charge in [-0.25, -0.2) is 0 Å². The van der Waals surface area contributed by atoms with Gasteiger partial charge in [0.25, 0.3) is 0 Å². The highest BCUT2D eigenvalue weighted by Crippen LogP contribution is 2.02. The van der Waals surface area contributed by atoms with E-state index in [1.54, 1.807) is 0 Å². The van der Waals surface area contributed by atoms with Crippen LogP contribution in [-0.4, -0.2) is 18.5 Å². The van der Waals surface area contributed by atoms with Crippen LogP contribution in [0.4, 0.5) is 0 Å². The normalized spacial score (nSPS) is 10.6. The second kappa shape index (κ2) is 6.94. The fourth-order valence-corrected chi connectivity index (χ4v) is 0.563. The average molecular weight is 202 g/mol. The lowest BCUT2D eigenvalue weighted by atomic mass is 10.5. The van der Waals surface area contributed by atoms with E-state index in [0.29, 0.717) is 6.61 Å². The first-order chi connectivity index (χ1) is 6.56. The van der Waals surface area contributed by atoms with E-state index in [0.717, 1.165) is 12.7 Å². The van der Waals surface area contributed by atoms with Crippen molar-refractivity contribution in [1.29, 1.82) is 0 Å². The highest BCUT2D eigenvalue weighted by Gasteiger charge is 2.04. The first kappa shape index (κ1) is 12.5. The Bertz CT molecular complexity index is 231. The number of esters is 2. The van der Waals surface area contributed by atoms with Crippen molar-refractivity contribution in [1.82, 2.24) is 0 Å². The van der Waals surface area contributed by atoms with Crippen molar-refractivity contribution >= 4 is 11.9 Å². The molecular formula is C9H14O5. The molecule has 0 saturated carbocycles. The summed E-state index contributed by atoms with van der Waals surface area (Å²) in [7, 11) is 0. The van der Waals surface area contributed by atoms with Gasteiger partial charge >= 0.3 is 17.9 Å². The molecule has 0 atom stereocenters. The number of hydrogen-bond acceptors (Lipinski definition) is 5. The summed E-state index contributed by atoms with van der Waals surface area (Å²) < 4.78 is 14.1. The molecule has 0 aliphatic heterocycles. The molecule has 0 amide bonds. The van der Waals surface area contributed by atoms with Gasteiger partial charge in [0.15, 0.2) is 6.26 Å². The molecule has 0 radical (unpaired) electrons. The Morgan fingerprint density at radius 2 is 1.86 bits per heavy atom. The second-order valence-electron chi connectivity index (χ2n) is 2.49. The fourth-order valence-electron chi connectivity index (χ4n) is 0.563. The summed E-state index contributed by atoms with van der Waals surface area (Å²) in [6.07, 6.45) is 1.73. The van der Waals surface area contributed by atoms with Crippen LogP contribution in [0, 0.1) is 0 Å². The summed E-state index contributed by atoms with van der Waals surface area (Å²) >= 11 is 0. The Hall–Kier alpha value is -1.52. The number of ether oxygens (including phenoxy) is 3. The van der Waals surface area contributed by atoms with Crippen molar-refractivity contribution in [3.8, 4) is 0 Å². The van der Waals surface area contributed by atoms with Gasteiger partial charge in [-0.2, -0.15) is 0 Å². The van der Waals surface area contributed by atoms with Gasteiger partial charge in [0.2, 0.25) is 0 Å². The van der Waals surface area contributed by atoms with Crippen LogP contribution in [0.15, 0.2) is 12.2 Å². The summed E-state index contributed by atoms with van der Waals surface area (Å²) in [5.74, 6) is -1.14. The average Bonchev–Trinajstić information content (AvgIpc) is 2.09.